The van der Waals surface area contributed by atoms with Crippen LogP contribution in [-0.4, -0.2) is 68.6 Å². The number of hydrogen-bond donors (Lipinski definition) is 0. The fourth-order valence-corrected chi connectivity index (χ4v) is 6.21. The van der Waals surface area contributed by atoms with Gasteiger partial charge in [-0.2, -0.15) is 0 Å². The average Bonchev–Trinajstić information content (AvgIpc) is 3.32. The van der Waals surface area contributed by atoms with Crippen LogP contribution in [0.5, 0.6) is 5.75 Å². The van der Waals surface area contributed by atoms with E-state index in [0.717, 1.165) is 5.57 Å². The first-order chi connectivity index (χ1) is 16.7. The van der Waals surface area contributed by atoms with E-state index in [0.29, 0.717) is 16.9 Å². The lowest BCUT2D eigenvalue weighted by Crippen LogP contribution is -2.61. The van der Waals surface area contributed by atoms with Crippen LogP contribution in [0.15, 0.2) is 35.4 Å². The maximum absolute atomic E-state index is 13.8. The van der Waals surface area contributed by atoms with Crippen molar-refractivity contribution in [2.45, 2.75) is 38.3 Å². The number of rotatable bonds is 6. The van der Waals surface area contributed by atoms with Gasteiger partial charge in [0.25, 0.3) is 0 Å². The van der Waals surface area contributed by atoms with Crippen molar-refractivity contribution in [3.05, 3.63) is 41.0 Å². The molecule has 0 unspecified atom stereocenters. The molecule has 4 rings (SSSR count). The summed E-state index contributed by atoms with van der Waals surface area (Å²) < 4.78 is 21.1. The molecule has 9 nitrogen and oxygen atoms in total. The number of ether oxygens (including phenoxy) is 4. The van der Waals surface area contributed by atoms with Gasteiger partial charge in [0.1, 0.15) is 17.2 Å². The number of methoxy groups -OCH3 is 3. The zero-order chi connectivity index (χ0) is 25.5. The topological polar surface area (TPSA) is 108 Å². The molecule has 2 aliphatic heterocycles. The van der Waals surface area contributed by atoms with Crippen LogP contribution in [-0.2, 0) is 33.4 Å². The SMILES string of the molecule is CCOC(=O)[C@]12C[C@H]3CC(=O)C(C)=C3CN1[C@H](c1ccc(OC)cc1)[C@H](C(=O)OC)[C@@H]2C(=O)OC. The molecule has 0 saturated carbocycles. The molecular weight excluding hydrogens is 454 g/mol. The first-order valence-corrected chi connectivity index (χ1v) is 11.7. The lowest BCUT2D eigenvalue weighted by atomic mass is 9.70. The third-order valence-corrected chi connectivity index (χ3v) is 7.80. The van der Waals surface area contributed by atoms with Gasteiger partial charge < -0.3 is 18.9 Å². The van der Waals surface area contributed by atoms with E-state index in [9.17, 15) is 19.2 Å². The molecule has 2 fully saturated rings. The normalized spacial score (nSPS) is 29.9. The molecule has 0 amide bonds. The number of carbonyl (C=O) groups is 4. The third kappa shape index (κ3) is 3.73. The van der Waals surface area contributed by atoms with E-state index in [4.69, 9.17) is 18.9 Å². The molecule has 0 bridgehead atoms. The van der Waals surface area contributed by atoms with Crippen LogP contribution in [0.25, 0.3) is 0 Å². The smallest absolute Gasteiger partial charge is 0.327 e. The largest absolute Gasteiger partial charge is 0.497 e. The highest BCUT2D eigenvalue weighted by atomic mass is 16.5. The highest BCUT2D eigenvalue weighted by molar-refractivity contribution is 6.00. The Kier molecular flexibility index (Phi) is 6.73. The van der Waals surface area contributed by atoms with Crippen molar-refractivity contribution in [2.24, 2.45) is 17.8 Å². The minimum Gasteiger partial charge on any atom is -0.497 e. The number of piperidine rings is 1. The van der Waals surface area contributed by atoms with E-state index in [-0.39, 0.29) is 37.7 Å². The first kappa shape index (κ1) is 24.9. The van der Waals surface area contributed by atoms with E-state index in [2.05, 4.69) is 0 Å². The van der Waals surface area contributed by atoms with Crippen molar-refractivity contribution in [1.82, 2.24) is 4.90 Å². The summed E-state index contributed by atoms with van der Waals surface area (Å²) in [5.74, 6) is -3.68. The Labute approximate surface area is 204 Å². The predicted octanol–water partition coefficient (Wildman–Crippen LogP) is 2.24. The Hall–Kier alpha value is -3.20. The summed E-state index contributed by atoms with van der Waals surface area (Å²) in [6.45, 7) is 3.84. The summed E-state index contributed by atoms with van der Waals surface area (Å²) in [6.07, 6.45) is 0.435. The van der Waals surface area contributed by atoms with Gasteiger partial charge in [0, 0.05) is 13.0 Å². The lowest BCUT2D eigenvalue weighted by molar-refractivity contribution is -0.171. The maximum Gasteiger partial charge on any atom is 0.327 e. The highest BCUT2D eigenvalue weighted by Crippen LogP contribution is 2.59. The van der Waals surface area contributed by atoms with Gasteiger partial charge in [0.15, 0.2) is 5.78 Å². The molecule has 1 aromatic rings. The molecule has 0 radical (unpaired) electrons. The quantitative estimate of drug-likeness (QED) is 0.443. The van der Waals surface area contributed by atoms with Crippen molar-refractivity contribution in [1.29, 1.82) is 0 Å². The second-order valence-corrected chi connectivity index (χ2v) is 9.22. The Morgan fingerprint density at radius 1 is 1.06 bits per heavy atom. The number of allylic oxidation sites excluding steroid dienone is 1. The minimum atomic E-state index is -1.49. The molecule has 0 N–H and O–H groups in total. The molecule has 0 aromatic heterocycles. The molecule has 1 aromatic carbocycles. The van der Waals surface area contributed by atoms with Crippen molar-refractivity contribution in [2.75, 3.05) is 34.5 Å². The summed E-state index contributed by atoms with van der Waals surface area (Å²) in [5, 5.41) is 0. The van der Waals surface area contributed by atoms with Gasteiger partial charge in [0.2, 0.25) is 0 Å². The Bertz CT molecular complexity index is 1080. The van der Waals surface area contributed by atoms with E-state index in [1.807, 2.05) is 17.0 Å². The Morgan fingerprint density at radius 3 is 2.29 bits per heavy atom. The molecule has 5 atom stereocenters. The first-order valence-electron chi connectivity index (χ1n) is 11.7. The summed E-state index contributed by atoms with van der Waals surface area (Å²) in [6, 6.07) is 6.44. The average molecular weight is 486 g/mol. The molecule has 2 heterocycles. The van der Waals surface area contributed by atoms with Gasteiger partial charge in [-0.05, 0) is 55.0 Å². The van der Waals surface area contributed by atoms with E-state index in [1.165, 1.54) is 14.2 Å². The number of ketones is 1. The number of carbonyl (C=O) groups excluding carboxylic acids is 4. The van der Waals surface area contributed by atoms with Crippen LogP contribution in [0.3, 0.4) is 0 Å². The number of fused-ring (bicyclic) bond motifs is 2. The van der Waals surface area contributed by atoms with Crippen molar-refractivity contribution in [3.8, 4) is 5.75 Å². The number of nitrogens with zero attached hydrogens (tertiary/aromatic N) is 1. The van der Waals surface area contributed by atoms with Crippen LogP contribution in [0.4, 0.5) is 0 Å². The monoisotopic (exact) mass is 485 g/mol. The van der Waals surface area contributed by atoms with Gasteiger partial charge >= 0.3 is 17.9 Å². The maximum atomic E-state index is 13.8. The highest BCUT2D eigenvalue weighted by Gasteiger charge is 2.71. The molecule has 35 heavy (non-hydrogen) atoms. The van der Waals surface area contributed by atoms with Gasteiger partial charge in [-0.1, -0.05) is 12.1 Å². The van der Waals surface area contributed by atoms with Gasteiger partial charge in [-0.3, -0.25) is 24.1 Å². The van der Waals surface area contributed by atoms with E-state index in [1.54, 1.807) is 33.1 Å². The summed E-state index contributed by atoms with van der Waals surface area (Å²) >= 11 is 0. The summed E-state index contributed by atoms with van der Waals surface area (Å²) in [7, 11) is 4.05. The number of benzene rings is 1. The van der Waals surface area contributed by atoms with Gasteiger partial charge in [-0.25, -0.2) is 0 Å². The van der Waals surface area contributed by atoms with Crippen LogP contribution >= 0.6 is 0 Å². The van der Waals surface area contributed by atoms with E-state index < -0.39 is 41.3 Å². The number of Topliss-reactive ketones (excluding diaryl/α,β-unsaturated/α-hetero) is 1. The Balaban J connectivity index is 1.98. The lowest BCUT2D eigenvalue weighted by Gasteiger charge is -2.47. The van der Waals surface area contributed by atoms with Gasteiger partial charge in [-0.15, -0.1) is 0 Å². The summed E-state index contributed by atoms with van der Waals surface area (Å²) in [4.78, 5) is 54.9. The molecule has 0 spiro atoms. The third-order valence-electron chi connectivity index (χ3n) is 7.80. The van der Waals surface area contributed by atoms with Crippen LogP contribution in [0.1, 0.15) is 38.3 Å². The second kappa shape index (κ2) is 9.45. The van der Waals surface area contributed by atoms with Crippen LogP contribution < -0.4 is 4.74 Å². The fraction of sp³-hybridized carbons (Fsp3) is 0.538. The van der Waals surface area contributed by atoms with Crippen LogP contribution in [0, 0.1) is 17.8 Å². The number of esters is 3. The molecular formula is C26H31NO8. The predicted molar refractivity (Wildman–Crippen MR) is 123 cm³/mol. The second-order valence-electron chi connectivity index (χ2n) is 9.22. The molecule has 3 aliphatic rings. The Morgan fingerprint density at radius 2 is 1.71 bits per heavy atom. The fourth-order valence-electron chi connectivity index (χ4n) is 6.21. The molecule has 2 saturated heterocycles. The van der Waals surface area contributed by atoms with E-state index >= 15 is 0 Å². The molecule has 188 valence electrons. The standard InChI is InChI=1S/C26H31NO8/c1-6-35-25(31)26-12-16-11-19(28)14(2)18(16)13-27(26)22(15-7-9-17(32-3)10-8-15)20(23(29)33-4)21(26)24(30)34-5/h7-10,16,20-22H,6,11-13H2,1-5H3/t16-,20-,21-,22-,26-/m1/s1. The minimum absolute atomic E-state index is 0.0327. The van der Waals surface area contributed by atoms with Crippen molar-refractivity contribution in [3.63, 3.8) is 0 Å². The summed E-state index contributed by atoms with van der Waals surface area (Å²) in [5.41, 5.74) is 0.827. The van der Waals surface area contributed by atoms with Crippen molar-refractivity contribution < 1.29 is 38.1 Å². The molecule has 1 aliphatic carbocycles. The van der Waals surface area contributed by atoms with Crippen LogP contribution in [0.2, 0.25) is 0 Å². The van der Waals surface area contributed by atoms with Gasteiger partial charge in [0.05, 0.1) is 39.9 Å². The van der Waals surface area contributed by atoms with Crippen molar-refractivity contribution >= 4 is 23.7 Å². The molecule has 9 heteroatoms. The number of hydrogen-bond acceptors (Lipinski definition) is 9. The zero-order valence-electron chi connectivity index (χ0n) is 20.7. The zero-order valence-corrected chi connectivity index (χ0v) is 20.7.